The molecule has 8 heteroatoms. The van der Waals surface area contributed by atoms with Gasteiger partial charge in [0.25, 0.3) is 11.8 Å². The second kappa shape index (κ2) is 9.75. The Balaban J connectivity index is 1.88. The quantitative estimate of drug-likeness (QED) is 0.692. The van der Waals surface area contributed by atoms with Crippen LogP contribution in [0.5, 0.6) is 5.75 Å². The average Bonchev–Trinajstić information content (AvgIpc) is 2.68. The molecule has 0 aliphatic heterocycles. The van der Waals surface area contributed by atoms with Crippen LogP contribution in [0.25, 0.3) is 0 Å². The zero-order valence-electron chi connectivity index (χ0n) is 15.7. The van der Waals surface area contributed by atoms with Crippen molar-refractivity contribution in [3.05, 3.63) is 59.1 Å². The first-order valence-electron chi connectivity index (χ1n) is 8.52. The first-order chi connectivity index (χ1) is 13.3. The van der Waals surface area contributed by atoms with Crippen LogP contribution in [0.3, 0.4) is 0 Å². The maximum absolute atomic E-state index is 12.2. The summed E-state index contributed by atoms with van der Waals surface area (Å²) in [6, 6.07) is 12.1. The topological polar surface area (TPSA) is 93.7 Å². The molecule has 0 saturated carbocycles. The van der Waals surface area contributed by atoms with E-state index in [-0.39, 0.29) is 0 Å². The summed E-state index contributed by atoms with van der Waals surface area (Å²) in [6.07, 6.45) is -1.05. The molecule has 7 nitrogen and oxygen atoms in total. The Labute approximate surface area is 168 Å². The van der Waals surface area contributed by atoms with Crippen molar-refractivity contribution in [1.82, 2.24) is 5.32 Å². The summed E-state index contributed by atoms with van der Waals surface area (Å²) in [4.78, 5) is 36.5. The standard InChI is InChI=1S/C20H21ClN2O5/c1-12(22-19(25)14-7-9-15(21)10-8-14)20(26)28-13(2)18(24)23-16-5-4-6-17(11-16)27-3/h4-13H,1-3H3,(H,22,25)(H,23,24). The van der Waals surface area contributed by atoms with Crippen molar-refractivity contribution in [1.29, 1.82) is 0 Å². The zero-order valence-corrected chi connectivity index (χ0v) is 16.4. The number of carbonyl (C=O) groups is 3. The number of rotatable bonds is 7. The summed E-state index contributed by atoms with van der Waals surface area (Å²) in [6.45, 7) is 2.92. The van der Waals surface area contributed by atoms with Gasteiger partial charge in [0.05, 0.1) is 7.11 Å². The lowest BCUT2D eigenvalue weighted by Crippen LogP contribution is -2.42. The Morgan fingerprint density at radius 2 is 1.71 bits per heavy atom. The van der Waals surface area contributed by atoms with E-state index in [0.29, 0.717) is 22.0 Å². The number of anilines is 1. The monoisotopic (exact) mass is 404 g/mol. The van der Waals surface area contributed by atoms with Gasteiger partial charge in [-0.3, -0.25) is 9.59 Å². The highest BCUT2D eigenvalue weighted by molar-refractivity contribution is 6.30. The van der Waals surface area contributed by atoms with E-state index >= 15 is 0 Å². The van der Waals surface area contributed by atoms with Gasteiger partial charge >= 0.3 is 5.97 Å². The lowest BCUT2D eigenvalue weighted by Gasteiger charge is -2.18. The third-order valence-electron chi connectivity index (χ3n) is 3.81. The van der Waals surface area contributed by atoms with Gasteiger partial charge in [0.15, 0.2) is 6.10 Å². The highest BCUT2D eigenvalue weighted by Gasteiger charge is 2.23. The maximum Gasteiger partial charge on any atom is 0.329 e. The number of carbonyl (C=O) groups excluding carboxylic acids is 3. The number of esters is 1. The number of nitrogens with one attached hydrogen (secondary N) is 2. The molecule has 148 valence electrons. The molecule has 2 aromatic rings. The van der Waals surface area contributed by atoms with Gasteiger partial charge in [-0.25, -0.2) is 4.79 Å². The number of amides is 2. The van der Waals surface area contributed by atoms with Crippen LogP contribution in [0, 0.1) is 0 Å². The SMILES string of the molecule is COc1cccc(NC(=O)C(C)OC(=O)C(C)NC(=O)c2ccc(Cl)cc2)c1. The number of benzene rings is 2. The largest absolute Gasteiger partial charge is 0.497 e. The molecule has 2 N–H and O–H groups in total. The average molecular weight is 405 g/mol. The molecule has 0 aliphatic rings. The van der Waals surface area contributed by atoms with Crippen LogP contribution in [0.4, 0.5) is 5.69 Å². The van der Waals surface area contributed by atoms with E-state index < -0.39 is 29.9 Å². The molecule has 0 fully saturated rings. The molecule has 0 spiro atoms. The first kappa shape index (κ1) is 21.2. The molecule has 0 saturated heterocycles. The van der Waals surface area contributed by atoms with Gasteiger partial charge in [-0.15, -0.1) is 0 Å². The third-order valence-corrected chi connectivity index (χ3v) is 4.06. The molecular weight excluding hydrogens is 384 g/mol. The molecule has 0 aromatic heterocycles. The van der Waals surface area contributed by atoms with Crippen LogP contribution in [0.15, 0.2) is 48.5 Å². The van der Waals surface area contributed by atoms with E-state index in [1.54, 1.807) is 48.5 Å². The van der Waals surface area contributed by atoms with E-state index in [9.17, 15) is 14.4 Å². The predicted octanol–water partition coefficient (Wildman–Crippen LogP) is 3.04. The fraction of sp³-hybridized carbons (Fsp3) is 0.250. The van der Waals surface area contributed by atoms with E-state index in [1.807, 2.05) is 0 Å². The minimum Gasteiger partial charge on any atom is -0.497 e. The predicted molar refractivity (Wildman–Crippen MR) is 106 cm³/mol. The van der Waals surface area contributed by atoms with Crippen molar-refractivity contribution in [3.63, 3.8) is 0 Å². The highest BCUT2D eigenvalue weighted by Crippen LogP contribution is 2.17. The maximum atomic E-state index is 12.2. The van der Waals surface area contributed by atoms with Crippen LogP contribution in [0.2, 0.25) is 5.02 Å². The smallest absolute Gasteiger partial charge is 0.329 e. The minimum absolute atomic E-state index is 0.355. The Morgan fingerprint density at radius 3 is 2.36 bits per heavy atom. The summed E-state index contributed by atoms with van der Waals surface area (Å²) in [5.41, 5.74) is 0.865. The van der Waals surface area contributed by atoms with Gasteiger partial charge in [0.1, 0.15) is 11.8 Å². The molecule has 28 heavy (non-hydrogen) atoms. The molecule has 2 rings (SSSR count). The van der Waals surface area contributed by atoms with Crippen LogP contribution in [0.1, 0.15) is 24.2 Å². The fourth-order valence-corrected chi connectivity index (χ4v) is 2.34. The molecule has 0 aliphatic carbocycles. The summed E-state index contributed by atoms with van der Waals surface area (Å²) in [5.74, 6) is -1.09. The molecule has 0 radical (unpaired) electrons. The van der Waals surface area contributed by atoms with E-state index in [1.165, 1.54) is 21.0 Å². The van der Waals surface area contributed by atoms with Gasteiger partial charge in [-0.05, 0) is 50.2 Å². The van der Waals surface area contributed by atoms with Crippen LogP contribution in [-0.2, 0) is 14.3 Å². The molecule has 2 unspecified atom stereocenters. The van der Waals surface area contributed by atoms with E-state index in [0.717, 1.165) is 0 Å². The lowest BCUT2D eigenvalue weighted by atomic mass is 10.2. The van der Waals surface area contributed by atoms with Gasteiger partial charge in [0, 0.05) is 22.3 Å². The molecule has 0 bridgehead atoms. The Morgan fingerprint density at radius 1 is 1.04 bits per heavy atom. The number of hydrogen-bond donors (Lipinski definition) is 2. The first-order valence-corrected chi connectivity index (χ1v) is 8.89. The van der Waals surface area contributed by atoms with Crippen molar-refractivity contribution in [2.75, 3.05) is 12.4 Å². The molecule has 2 atom stereocenters. The number of ether oxygens (including phenoxy) is 2. The molecule has 2 aromatic carbocycles. The van der Waals surface area contributed by atoms with E-state index in [2.05, 4.69) is 10.6 Å². The van der Waals surface area contributed by atoms with Crippen molar-refractivity contribution >= 4 is 35.1 Å². The van der Waals surface area contributed by atoms with Crippen molar-refractivity contribution in [2.24, 2.45) is 0 Å². The van der Waals surface area contributed by atoms with Crippen LogP contribution >= 0.6 is 11.6 Å². The normalized spacial score (nSPS) is 12.4. The summed E-state index contributed by atoms with van der Waals surface area (Å²) < 4.78 is 10.2. The zero-order chi connectivity index (χ0) is 20.7. The highest BCUT2D eigenvalue weighted by atomic mass is 35.5. The molecular formula is C20H21ClN2O5. The lowest BCUT2D eigenvalue weighted by molar-refractivity contribution is -0.154. The molecule has 0 heterocycles. The summed E-state index contributed by atoms with van der Waals surface area (Å²) in [5, 5.41) is 5.66. The third kappa shape index (κ3) is 5.99. The summed E-state index contributed by atoms with van der Waals surface area (Å²) >= 11 is 5.78. The minimum atomic E-state index is -1.05. The Hall–Kier alpha value is -3.06. The molecule has 2 amide bonds. The second-order valence-electron chi connectivity index (χ2n) is 6.00. The Bertz CT molecular complexity index is 854. The number of methoxy groups -OCH3 is 1. The second-order valence-corrected chi connectivity index (χ2v) is 6.44. The Kier molecular flexibility index (Phi) is 7.40. The van der Waals surface area contributed by atoms with E-state index in [4.69, 9.17) is 21.1 Å². The van der Waals surface area contributed by atoms with Crippen LogP contribution in [-0.4, -0.2) is 37.0 Å². The number of halogens is 1. The summed E-state index contributed by atoms with van der Waals surface area (Å²) in [7, 11) is 1.52. The van der Waals surface area contributed by atoms with Gasteiger partial charge in [0.2, 0.25) is 0 Å². The van der Waals surface area contributed by atoms with Crippen molar-refractivity contribution < 1.29 is 23.9 Å². The van der Waals surface area contributed by atoms with Crippen molar-refractivity contribution in [2.45, 2.75) is 26.0 Å². The van der Waals surface area contributed by atoms with Gasteiger partial charge in [-0.1, -0.05) is 17.7 Å². The van der Waals surface area contributed by atoms with Gasteiger partial charge < -0.3 is 20.1 Å². The van der Waals surface area contributed by atoms with Crippen LogP contribution < -0.4 is 15.4 Å². The fourth-order valence-electron chi connectivity index (χ4n) is 2.21. The van der Waals surface area contributed by atoms with Crippen molar-refractivity contribution in [3.8, 4) is 5.75 Å². The number of hydrogen-bond acceptors (Lipinski definition) is 5. The van der Waals surface area contributed by atoms with Gasteiger partial charge in [-0.2, -0.15) is 0 Å².